The summed E-state index contributed by atoms with van der Waals surface area (Å²) in [4.78, 5) is 11.5. The highest BCUT2D eigenvalue weighted by Gasteiger charge is 2.26. The molecule has 0 spiro atoms. The van der Waals surface area contributed by atoms with Crippen LogP contribution in [0.3, 0.4) is 0 Å². The Kier molecular flexibility index (Phi) is 3.62. The van der Waals surface area contributed by atoms with Crippen molar-refractivity contribution in [2.24, 2.45) is 5.92 Å². The van der Waals surface area contributed by atoms with E-state index in [0.29, 0.717) is 6.04 Å². The molecule has 2 rings (SSSR count). The van der Waals surface area contributed by atoms with Gasteiger partial charge in [0.15, 0.2) is 0 Å². The molecule has 0 radical (unpaired) electrons. The standard InChI is InChI=1S/C13H22N4/c1-9-5-11(3)17(7-9)8-13-15-10(2)6-12(14-4)16-13/h6,9,11H,5,7-8H2,1-4H3,(H,14,15,16). The molecule has 2 heterocycles. The smallest absolute Gasteiger partial charge is 0.144 e. The lowest BCUT2D eigenvalue weighted by molar-refractivity contribution is 0.250. The summed E-state index contributed by atoms with van der Waals surface area (Å²) in [6, 6.07) is 2.62. The average Bonchev–Trinajstić information content (AvgIpc) is 2.56. The number of nitrogens with one attached hydrogen (secondary N) is 1. The molecule has 17 heavy (non-hydrogen) atoms. The molecule has 0 bridgehead atoms. The van der Waals surface area contributed by atoms with E-state index in [1.807, 2.05) is 20.0 Å². The van der Waals surface area contributed by atoms with Crippen LogP contribution < -0.4 is 5.32 Å². The van der Waals surface area contributed by atoms with E-state index in [-0.39, 0.29) is 0 Å². The maximum atomic E-state index is 4.51. The topological polar surface area (TPSA) is 41.1 Å². The Bertz CT molecular complexity index is 391. The lowest BCUT2D eigenvalue weighted by Gasteiger charge is -2.20. The van der Waals surface area contributed by atoms with Gasteiger partial charge in [-0.25, -0.2) is 9.97 Å². The number of aromatic nitrogens is 2. The van der Waals surface area contributed by atoms with Crippen LogP contribution in [0.1, 0.15) is 31.8 Å². The van der Waals surface area contributed by atoms with Gasteiger partial charge >= 0.3 is 0 Å². The number of rotatable bonds is 3. The van der Waals surface area contributed by atoms with Gasteiger partial charge in [-0.1, -0.05) is 6.92 Å². The summed E-state index contributed by atoms with van der Waals surface area (Å²) in [5.74, 6) is 2.63. The number of likely N-dealkylation sites (tertiary alicyclic amines) is 1. The Balaban J connectivity index is 2.10. The van der Waals surface area contributed by atoms with Crippen LogP contribution in [0.4, 0.5) is 5.82 Å². The summed E-state index contributed by atoms with van der Waals surface area (Å²) in [6.45, 7) is 8.64. The summed E-state index contributed by atoms with van der Waals surface area (Å²) >= 11 is 0. The highest BCUT2D eigenvalue weighted by molar-refractivity contribution is 5.34. The normalized spacial score (nSPS) is 25.2. The fraction of sp³-hybridized carbons (Fsp3) is 0.692. The Hall–Kier alpha value is -1.16. The molecule has 0 aromatic carbocycles. The van der Waals surface area contributed by atoms with E-state index in [1.54, 1.807) is 0 Å². The van der Waals surface area contributed by atoms with Crippen molar-refractivity contribution in [2.45, 2.75) is 39.8 Å². The number of anilines is 1. The summed E-state index contributed by atoms with van der Waals surface area (Å²) in [5, 5.41) is 3.08. The van der Waals surface area contributed by atoms with E-state index in [1.165, 1.54) is 6.42 Å². The van der Waals surface area contributed by atoms with Crippen LogP contribution in [0.25, 0.3) is 0 Å². The largest absolute Gasteiger partial charge is 0.373 e. The molecule has 1 N–H and O–H groups in total. The molecule has 94 valence electrons. The van der Waals surface area contributed by atoms with Crippen molar-refractivity contribution in [2.75, 3.05) is 18.9 Å². The minimum Gasteiger partial charge on any atom is -0.373 e. The first kappa shape index (κ1) is 12.3. The van der Waals surface area contributed by atoms with E-state index >= 15 is 0 Å². The Morgan fingerprint density at radius 2 is 2.18 bits per heavy atom. The van der Waals surface area contributed by atoms with E-state index in [0.717, 1.165) is 36.3 Å². The molecule has 1 aromatic heterocycles. The molecule has 2 unspecified atom stereocenters. The first-order chi connectivity index (χ1) is 8.08. The number of hydrogen-bond acceptors (Lipinski definition) is 4. The molecule has 0 amide bonds. The lowest BCUT2D eigenvalue weighted by Crippen LogP contribution is -2.27. The SMILES string of the molecule is CNc1cc(C)nc(CN2CC(C)CC2C)n1. The first-order valence-electron chi connectivity index (χ1n) is 6.35. The third-order valence-electron chi connectivity index (χ3n) is 3.41. The summed E-state index contributed by atoms with van der Waals surface area (Å²) in [7, 11) is 1.89. The molecule has 1 aliphatic rings. The van der Waals surface area contributed by atoms with Gasteiger partial charge in [0.2, 0.25) is 0 Å². The van der Waals surface area contributed by atoms with Gasteiger partial charge in [-0.2, -0.15) is 0 Å². The van der Waals surface area contributed by atoms with Gasteiger partial charge in [0.1, 0.15) is 11.6 Å². The Morgan fingerprint density at radius 1 is 1.41 bits per heavy atom. The highest BCUT2D eigenvalue weighted by Crippen LogP contribution is 2.23. The van der Waals surface area contributed by atoms with Gasteiger partial charge in [0, 0.05) is 31.4 Å². The third kappa shape index (κ3) is 2.94. The molecule has 1 saturated heterocycles. The second-order valence-electron chi connectivity index (χ2n) is 5.18. The van der Waals surface area contributed by atoms with Crippen LogP contribution in [-0.2, 0) is 6.54 Å². The molecular formula is C13H22N4. The van der Waals surface area contributed by atoms with E-state index in [9.17, 15) is 0 Å². The first-order valence-corrected chi connectivity index (χ1v) is 6.35. The fourth-order valence-corrected chi connectivity index (χ4v) is 2.62. The molecule has 4 heteroatoms. The van der Waals surface area contributed by atoms with Crippen molar-refractivity contribution in [3.05, 3.63) is 17.6 Å². The average molecular weight is 234 g/mol. The molecule has 0 saturated carbocycles. The fourth-order valence-electron chi connectivity index (χ4n) is 2.62. The van der Waals surface area contributed by atoms with Gasteiger partial charge < -0.3 is 5.32 Å². The van der Waals surface area contributed by atoms with E-state index in [2.05, 4.69) is 34.0 Å². The van der Waals surface area contributed by atoms with Crippen molar-refractivity contribution in [3.8, 4) is 0 Å². The second kappa shape index (κ2) is 5.00. The molecule has 1 fully saturated rings. The Labute approximate surface area is 103 Å². The molecular weight excluding hydrogens is 212 g/mol. The highest BCUT2D eigenvalue weighted by atomic mass is 15.2. The number of nitrogens with zero attached hydrogens (tertiary/aromatic N) is 3. The molecule has 4 nitrogen and oxygen atoms in total. The van der Waals surface area contributed by atoms with Crippen molar-refractivity contribution in [3.63, 3.8) is 0 Å². The van der Waals surface area contributed by atoms with Crippen LogP contribution in [0.2, 0.25) is 0 Å². The van der Waals surface area contributed by atoms with Crippen LogP contribution in [0.15, 0.2) is 6.07 Å². The van der Waals surface area contributed by atoms with Gasteiger partial charge in [0.05, 0.1) is 6.54 Å². The van der Waals surface area contributed by atoms with Gasteiger partial charge in [-0.15, -0.1) is 0 Å². The number of aryl methyl sites for hydroxylation is 1. The second-order valence-corrected chi connectivity index (χ2v) is 5.18. The van der Waals surface area contributed by atoms with Gasteiger partial charge in [-0.05, 0) is 26.2 Å². The summed E-state index contributed by atoms with van der Waals surface area (Å²) in [5.41, 5.74) is 1.03. The van der Waals surface area contributed by atoms with Crippen LogP contribution >= 0.6 is 0 Å². The number of hydrogen-bond donors (Lipinski definition) is 1. The van der Waals surface area contributed by atoms with Gasteiger partial charge in [-0.3, -0.25) is 4.90 Å². The van der Waals surface area contributed by atoms with Crippen LogP contribution in [0, 0.1) is 12.8 Å². The van der Waals surface area contributed by atoms with Gasteiger partial charge in [0.25, 0.3) is 0 Å². The maximum Gasteiger partial charge on any atom is 0.144 e. The zero-order valence-corrected chi connectivity index (χ0v) is 11.2. The zero-order valence-electron chi connectivity index (χ0n) is 11.2. The van der Waals surface area contributed by atoms with Crippen LogP contribution in [0.5, 0.6) is 0 Å². The molecule has 2 atom stereocenters. The molecule has 1 aromatic rings. The third-order valence-corrected chi connectivity index (χ3v) is 3.41. The van der Waals surface area contributed by atoms with Crippen molar-refractivity contribution < 1.29 is 0 Å². The minimum atomic E-state index is 0.646. The zero-order chi connectivity index (χ0) is 12.4. The Morgan fingerprint density at radius 3 is 2.76 bits per heavy atom. The van der Waals surface area contributed by atoms with E-state index < -0.39 is 0 Å². The van der Waals surface area contributed by atoms with Crippen LogP contribution in [-0.4, -0.2) is 34.5 Å². The molecule has 0 aliphatic carbocycles. The predicted octanol–water partition coefficient (Wildman–Crippen LogP) is 2.06. The molecule has 1 aliphatic heterocycles. The van der Waals surface area contributed by atoms with Crippen molar-refractivity contribution >= 4 is 5.82 Å². The monoisotopic (exact) mass is 234 g/mol. The van der Waals surface area contributed by atoms with Crippen molar-refractivity contribution in [1.82, 2.24) is 14.9 Å². The lowest BCUT2D eigenvalue weighted by atomic mass is 10.1. The maximum absolute atomic E-state index is 4.51. The predicted molar refractivity (Wildman–Crippen MR) is 70.0 cm³/mol. The minimum absolute atomic E-state index is 0.646. The quantitative estimate of drug-likeness (QED) is 0.869. The van der Waals surface area contributed by atoms with Crippen molar-refractivity contribution in [1.29, 1.82) is 0 Å². The van der Waals surface area contributed by atoms with E-state index in [4.69, 9.17) is 0 Å². The summed E-state index contributed by atoms with van der Waals surface area (Å²) in [6.07, 6.45) is 1.28. The summed E-state index contributed by atoms with van der Waals surface area (Å²) < 4.78 is 0.